The maximum Gasteiger partial charge on any atom is 0.407 e. The lowest BCUT2D eigenvalue weighted by Gasteiger charge is -2.06. The minimum atomic E-state index is -1.64. The zero-order chi connectivity index (χ0) is 7.44. The molecule has 0 radical (unpaired) electrons. The van der Waals surface area contributed by atoms with Gasteiger partial charge in [-0.2, -0.15) is 5.26 Å². The number of hydroxylamine groups is 4. The molecule has 9 heavy (non-hydrogen) atoms. The van der Waals surface area contributed by atoms with Gasteiger partial charge >= 0.3 is 6.03 Å². The molecule has 2 amide bonds. The normalized spacial score (nSPS) is 7.78. The Morgan fingerprint density at radius 1 is 1.44 bits per heavy atom. The fraction of sp³-hybridized carbons (Fsp3) is 0. The lowest BCUT2D eigenvalue weighted by Crippen LogP contribution is -2.34. The molecule has 0 saturated carbocycles. The molecule has 0 rings (SSSR count). The molecule has 0 spiro atoms. The first kappa shape index (κ1) is 7.64. The van der Waals surface area contributed by atoms with Crippen molar-refractivity contribution in [3.8, 4) is 6.19 Å². The van der Waals surface area contributed by atoms with Crippen LogP contribution in [0.4, 0.5) is 4.79 Å². The number of hydrogen-bond acceptors (Lipinski definition) is 5. The van der Waals surface area contributed by atoms with Gasteiger partial charge in [-0.15, -0.1) is 0 Å². The highest BCUT2D eigenvalue weighted by Crippen LogP contribution is 1.84. The maximum absolute atomic E-state index is 9.95. The molecule has 0 aromatic heterocycles. The van der Waals surface area contributed by atoms with E-state index in [-0.39, 0.29) is 0 Å². The zero-order valence-corrected chi connectivity index (χ0v) is 4.09. The SMILES string of the molecule is N#CN(O)C(=O)N(O)O. The Balaban J connectivity index is 3.92. The summed E-state index contributed by atoms with van der Waals surface area (Å²) in [6.07, 6.45) is 0.924. The van der Waals surface area contributed by atoms with E-state index in [1.54, 1.807) is 0 Å². The van der Waals surface area contributed by atoms with Gasteiger partial charge < -0.3 is 0 Å². The van der Waals surface area contributed by atoms with Gasteiger partial charge in [0.15, 0.2) is 0 Å². The summed E-state index contributed by atoms with van der Waals surface area (Å²) in [6.45, 7) is 0. The number of carbonyl (C=O) groups is 1. The topological polar surface area (TPSA) is 108 Å². The lowest BCUT2D eigenvalue weighted by molar-refractivity contribution is -0.272. The van der Waals surface area contributed by atoms with Crippen molar-refractivity contribution in [2.24, 2.45) is 0 Å². The van der Waals surface area contributed by atoms with Gasteiger partial charge in [0, 0.05) is 0 Å². The van der Waals surface area contributed by atoms with Gasteiger partial charge in [-0.3, -0.25) is 15.6 Å². The van der Waals surface area contributed by atoms with Crippen LogP contribution in [0.3, 0.4) is 0 Å². The van der Waals surface area contributed by atoms with Gasteiger partial charge in [-0.05, 0) is 0 Å². The molecular weight excluding hydrogens is 130 g/mol. The first-order valence-corrected chi connectivity index (χ1v) is 1.70. The van der Waals surface area contributed by atoms with E-state index in [1.165, 1.54) is 0 Å². The summed E-state index contributed by atoms with van der Waals surface area (Å²) in [5, 5.41) is 29.9. The van der Waals surface area contributed by atoms with Gasteiger partial charge in [0.25, 0.3) is 0 Å². The van der Waals surface area contributed by atoms with E-state index in [0.717, 1.165) is 6.19 Å². The molecule has 0 aliphatic rings. The van der Waals surface area contributed by atoms with Crippen molar-refractivity contribution >= 4 is 6.03 Å². The molecule has 0 heterocycles. The number of nitriles is 1. The highest BCUT2D eigenvalue weighted by Gasteiger charge is 2.14. The van der Waals surface area contributed by atoms with Crippen LogP contribution in [0.5, 0.6) is 0 Å². The minimum absolute atomic E-state index is 0.542. The van der Waals surface area contributed by atoms with Gasteiger partial charge in [0.05, 0.1) is 0 Å². The second kappa shape index (κ2) is 2.83. The van der Waals surface area contributed by atoms with Crippen LogP contribution in [-0.4, -0.2) is 31.9 Å². The molecule has 0 unspecified atom stereocenters. The van der Waals surface area contributed by atoms with Crippen LogP contribution < -0.4 is 0 Å². The Hall–Kier alpha value is -1.36. The van der Waals surface area contributed by atoms with Crippen molar-refractivity contribution in [1.82, 2.24) is 10.3 Å². The van der Waals surface area contributed by atoms with Crippen LogP contribution in [0.15, 0.2) is 0 Å². The van der Waals surface area contributed by atoms with Crippen molar-refractivity contribution in [3.05, 3.63) is 0 Å². The largest absolute Gasteiger partial charge is 0.407 e. The molecule has 0 fully saturated rings. The molecule has 3 N–H and O–H groups in total. The molecule has 0 bridgehead atoms. The van der Waals surface area contributed by atoms with Crippen molar-refractivity contribution in [2.75, 3.05) is 0 Å². The number of urea groups is 1. The first-order valence-electron chi connectivity index (χ1n) is 1.70. The lowest BCUT2D eigenvalue weighted by atomic mass is 11.0. The van der Waals surface area contributed by atoms with Crippen molar-refractivity contribution in [1.29, 1.82) is 5.26 Å². The molecule has 0 aromatic carbocycles. The molecule has 0 saturated heterocycles. The van der Waals surface area contributed by atoms with Crippen LogP contribution >= 0.6 is 0 Å². The van der Waals surface area contributed by atoms with Gasteiger partial charge in [-0.25, -0.2) is 4.79 Å². The van der Waals surface area contributed by atoms with E-state index >= 15 is 0 Å². The second-order valence-corrected chi connectivity index (χ2v) is 0.984. The quantitative estimate of drug-likeness (QED) is 0.176. The number of carbonyl (C=O) groups excluding carboxylic acids is 1. The Morgan fingerprint density at radius 2 is 1.89 bits per heavy atom. The smallest absolute Gasteiger partial charge is 0.270 e. The molecule has 0 aliphatic heterocycles. The monoisotopic (exact) mass is 133 g/mol. The third-order valence-corrected chi connectivity index (χ3v) is 0.447. The number of hydrogen-bond donors (Lipinski definition) is 3. The van der Waals surface area contributed by atoms with Crippen LogP contribution in [-0.2, 0) is 0 Å². The van der Waals surface area contributed by atoms with E-state index in [4.69, 9.17) is 20.9 Å². The Morgan fingerprint density at radius 3 is 2.00 bits per heavy atom. The predicted octanol–water partition coefficient (Wildman–Crippen LogP) is -0.641. The summed E-state index contributed by atoms with van der Waals surface area (Å²) in [5.41, 5.74) is 0. The van der Waals surface area contributed by atoms with Crippen LogP contribution in [0, 0.1) is 11.5 Å². The molecule has 7 nitrogen and oxygen atoms in total. The molecular formula is C2H3N3O4. The molecule has 50 valence electrons. The van der Waals surface area contributed by atoms with Crippen LogP contribution in [0.25, 0.3) is 0 Å². The average Bonchev–Trinajstić information content (AvgIpc) is 1.84. The van der Waals surface area contributed by atoms with Crippen LogP contribution in [0.2, 0.25) is 0 Å². The van der Waals surface area contributed by atoms with Crippen LogP contribution in [0.1, 0.15) is 0 Å². The number of amides is 2. The van der Waals surface area contributed by atoms with E-state index in [0.29, 0.717) is 0 Å². The zero-order valence-electron chi connectivity index (χ0n) is 4.09. The Bertz CT molecular complexity index is 148. The number of nitrogens with zero attached hydrogens (tertiary/aromatic N) is 3. The average molecular weight is 133 g/mol. The summed E-state index contributed by atoms with van der Waals surface area (Å²) in [4.78, 5) is 9.95. The standard InChI is InChI=1S/C2H3N3O4/c3-1-4(7)2(6)5(8)9/h7-9H. The molecule has 7 heteroatoms. The second-order valence-electron chi connectivity index (χ2n) is 0.984. The molecule has 0 aromatic rings. The van der Waals surface area contributed by atoms with E-state index < -0.39 is 16.3 Å². The third kappa shape index (κ3) is 1.92. The number of rotatable bonds is 0. The first-order chi connectivity index (χ1) is 4.09. The fourth-order valence-electron chi connectivity index (χ4n) is 0.127. The van der Waals surface area contributed by atoms with Crippen molar-refractivity contribution < 1.29 is 20.4 Å². The van der Waals surface area contributed by atoms with E-state index in [9.17, 15) is 4.79 Å². The molecule has 0 atom stereocenters. The van der Waals surface area contributed by atoms with Gasteiger partial charge in [0.1, 0.15) is 0 Å². The summed E-state index contributed by atoms with van der Waals surface area (Å²) in [5.74, 6) is 0. The predicted molar refractivity (Wildman–Crippen MR) is 20.0 cm³/mol. The summed E-state index contributed by atoms with van der Waals surface area (Å²) < 4.78 is 0. The highest BCUT2D eigenvalue weighted by atomic mass is 16.8. The highest BCUT2D eigenvalue weighted by molar-refractivity contribution is 5.71. The maximum atomic E-state index is 9.95. The fourth-order valence-corrected chi connectivity index (χ4v) is 0.127. The van der Waals surface area contributed by atoms with E-state index in [2.05, 4.69) is 0 Å². The Kier molecular flexibility index (Phi) is 2.40. The van der Waals surface area contributed by atoms with Crippen molar-refractivity contribution in [2.45, 2.75) is 0 Å². The van der Waals surface area contributed by atoms with Gasteiger partial charge in [-0.1, -0.05) is 10.3 Å². The summed E-state index contributed by atoms with van der Waals surface area (Å²) in [6, 6.07) is -1.64. The minimum Gasteiger partial charge on any atom is -0.270 e. The molecule has 0 aliphatic carbocycles. The van der Waals surface area contributed by atoms with Crippen molar-refractivity contribution in [3.63, 3.8) is 0 Å². The van der Waals surface area contributed by atoms with Gasteiger partial charge in [0.2, 0.25) is 6.19 Å². The third-order valence-electron chi connectivity index (χ3n) is 0.447. The Labute approximate surface area is 49.4 Å². The summed E-state index contributed by atoms with van der Waals surface area (Å²) in [7, 11) is 0. The summed E-state index contributed by atoms with van der Waals surface area (Å²) >= 11 is 0. The van der Waals surface area contributed by atoms with E-state index in [1.807, 2.05) is 0 Å².